The summed E-state index contributed by atoms with van der Waals surface area (Å²) in [5.74, 6) is -0.153. The van der Waals surface area contributed by atoms with Crippen molar-refractivity contribution < 1.29 is 14.3 Å². The number of methoxy groups -OCH3 is 1. The number of hydrogen-bond acceptors (Lipinski definition) is 7. The van der Waals surface area contributed by atoms with Crippen molar-refractivity contribution in [3.05, 3.63) is 51.6 Å². The molecule has 9 heteroatoms. The molecule has 7 nitrogen and oxygen atoms in total. The molecule has 1 aromatic carbocycles. The Bertz CT molecular complexity index is 1060. The molecule has 0 spiro atoms. The number of amides is 1. The SMILES string of the molecule is COCCn1c(SCC(=O)Nc2ccc(C(C)=O)cc2)nc2ccsc2c1=O. The number of thioether (sulfide) groups is 1. The summed E-state index contributed by atoms with van der Waals surface area (Å²) in [5, 5.41) is 5.09. The van der Waals surface area contributed by atoms with Gasteiger partial charge in [-0.05, 0) is 42.6 Å². The van der Waals surface area contributed by atoms with E-state index in [0.29, 0.717) is 39.8 Å². The Kier molecular flexibility index (Phi) is 6.61. The molecule has 2 heterocycles. The van der Waals surface area contributed by atoms with Gasteiger partial charge in [0.05, 0.1) is 24.4 Å². The van der Waals surface area contributed by atoms with Gasteiger partial charge in [0.2, 0.25) is 5.91 Å². The quantitative estimate of drug-likeness (QED) is 0.344. The largest absolute Gasteiger partial charge is 0.383 e. The average Bonchev–Trinajstić information content (AvgIpc) is 3.15. The van der Waals surface area contributed by atoms with E-state index in [1.807, 2.05) is 5.38 Å². The van der Waals surface area contributed by atoms with Crippen molar-refractivity contribution in [2.45, 2.75) is 18.6 Å². The van der Waals surface area contributed by atoms with Crippen LogP contribution in [0.3, 0.4) is 0 Å². The monoisotopic (exact) mass is 417 g/mol. The number of benzene rings is 1. The normalized spacial score (nSPS) is 10.9. The molecule has 0 aliphatic carbocycles. The summed E-state index contributed by atoms with van der Waals surface area (Å²) in [5.41, 5.74) is 1.70. The maximum Gasteiger partial charge on any atom is 0.272 e. The number of carbonyl (C=O) groups excluding carboxylic acids is 2. The van der Waals surface area contributed by atoms with E-state index in [-0.39, 0.29) is 23.0 Å². The van der Waals surface area contributed by atoms with Crippen molar-refractivity contribution in [2.75, 3.05) is 24.8 Å². The molecule has 1 amide bonds. The first-order chi connectivity index (χ1) is 13.5. The van der Waals surface area contributed by atoms with E-state index < -0.39 is 0 Å². The zero-order valence-corrected chi connectivity index (χ0v) is 17.1. The van der Waals surface area contributed by atoms with E-state index in [0.717, 1.165) is 0 Å². The van der Waals surface area contributed by atoms with Crippen molar-refractivity contribution in [1.82, 2.24) is 9.55 Å². The Morgan fingerprint density at radius 2 is 2.00 bits per heavy atom. The van der Waals surface area contributed by atoms with Crippen LogP contribution in [0.4, 0.5) is 5.69 Å². The Hall–Kier alpha value is -2.49. The summed E-state index contributed by atoms with van der Waals surface area (Å²) in [6, 6.07) is 8.49. The third-order valence-corrected chi connectivity index (χ3v) is 5.83. The first-order valence-corrected chi connectivity index (χ1v) is 10.4. The molecule has 0 atom stereocenters. The highest BCUT2D eigenvalue weighted by Crippen LogP contribution is 2.21. The minimum absolute atomic E-state index is 0.0302. The van der Waals surface area contributed by atoms with Crippen LogP contribution in [-0.4, -0.2) is 40.7 Å². The molecule has 0 unspecified atom stereocenters. The van der Waals surface area contributed by atoms with Crippen molar-refractivity contribution in [3.8, 4) is 0 Å². The van der Waals surface area contributed by atoms with Crippen LogP contribution in [0.25, 0.3) is 10.2 Å². The van der Waals surface area contributed by atoms with Gasteiger partial charge < -0.3 is 10.1 Å². The van der Waals surface area contributed by atoms with Crippen LogP contribution >= 0.6 is 23.1 Å². The number of hydrogen-bond donors (Lipinski definition) is 1. The number of nitrogens with one attached hydrogen (secondary N) is 1. The molecule has 3 aromatic rings. The van der Waals surface area contributed by atoms with Crippen molar-refractivity contribution in [1.29, 1.82) is 0 Å². The smallest absolute Gasteiger partial charge is 0.272 e. The van der Waals surface area contributed by atoms with Crippen molar-refractivity contribution >= 4 is 50.7 Å². The number of Topliss-reactive ketones (excluding diaryl/α,β-unsaturated/α-hetero) is 1. The van der Waals surface area contributed by atoms with Crippen molar-refractivity contribution in [3.63, 3.8) is 0 Å². The van der Waals surface area contributed by atoms with Crippen LogP contribution in [-0.2, 0) is 16.1 Å². The molecule has 3 rings (SSSR count). The third-order valence-electron chi connectivity index (χ3n) is 3.96. The summed E-state index contributed by atoms with van der Waals surface area (Å²) in [6.45, 7) is 2.23. The molecular weight excluding hydrogens is 398 g/mol. The van der Waals surface area contributed by atoms with Gasteiger partial charge in [0.25, 0.3) is 5.56 Å². The van der Waals surface area contributed by atoms with Gasteiger partial charge in [0, 0.05) is 18.4 Å². The highest BCUT2D eigenvalue weighted by molar-refractivity contribution is 7.99. The predicted molar refractivity (Wildman–Crippen MR) is 112 cm³/mol. The minimum atomic E-state index is -0.224. The number of carbonyl (C=O) groups is 2. The standard InChI is InChI=1S/C19H19N3O4S2/c1-12(23)13-3-5-14(6-4-13)20-16(24)11-28-19-21-15-7-10-27-17(15)18(25)22(19)8-9-26-2/h3-7,10H,8-9,11H2,1-2H3,(H,20,24). The van der Waals surface area contributed by atoms with E-state index in [1.54, 1.807) is 42.0 Å². The Labute approximate surface area is 169 Å². The number of anilines is 1. The maximum absolute atomic E-state index is 12.7. The van der Waals surface area contributed by atoms with E-state index in [2.05, 4.69) is 10.3 Å². The summed E-state index contributed by atoms with van der Waals surface area (Å²) < 4.78 is 7.22. The molecule has 146 valence electrons. The Morgan fingerprint density at radius 3 is 2.68 bits per heavy atom. The number of ketones is 1. The van der Waals surface area contributed by atoms with Crippen LogP contribution in [0.1, 0.15) is 17.3 Å². The number of ether oxygens (including phenoxy) is 1. The van der Waals surface area contributed by atoms with Gasteiger partial charge in [-0.1, -0.05) is 11.8 Å². The zero-order chi connectivity index (χ0) is 20.1. The zero-order valence-electron chi connectivity index (χ0n) is 15.4. The van der Waals surface area contributed by atoms with Crippen LogP contribution in [0.5, 0.6) is 0 Å². The fourth-order valence-corrected chi connectivity index (χ4v) is 4.13. The van der Waals surface area contributed by atoms with Gasteiger partial charge in [0.1, 0.15) is 4.70 Å². The van der Waals surface area contributed by atoms with Gasteiger partial charge in [-0.3, -0.25) is 19.0 Å². The van der Waals surface area contributed by atoms with E-state index in [9.17, 15) is 14.4 Å². The molecule has 0 aliphatic rings. The first kappa shape index (κ1) is 20.2. The highest BCUT2D eigenvalue weighted by Gasteiger charge is 2.14. The molecule has 1 N–H and O–H groups in total. The fourth-order valence-electron chi connectivity index (χ4n) is 2.53. The summed E-state index contributed by atoms with van der Waals surface area (Å²) in [7, 11) is 1.57. The van der Waals surface area contributed by atoms with E-state index in [4.69, 9.17) is 4.74 Å². The lowest BCUT2D eigenvalue weighted by atomic mass is 10.1. The Morgan fingerprint density at radius 1 is 1.25 bits per heavy atom. The highest BCUT2D eigenvalue weighted by atomic mass is 32.2. The van der Waals surface area contributed by atoms with Gasteiger partial charge in [-0.15, -0.1) is 11.3 Å². The van der Waals surface area contributed by atoms with Crippen LogP contribution in [0.2, 0.25) is 0 Å². The molecule has 2 aromatic heterocycles. The van der Waals surface area contributed by atoms with Gasteiger partial charge in [0.15, 0.2) is 10.9 Å². The number of rotatable bonds is 8. The molecule has 0 saturated carbocycles. The molecule has 0 fully saturated rings. The topological polar surface area (TPSA) is 90.3 Å². The predicted octanol–water partition coefficient (Wildman–Crippen LogP) is 3.04. The summed E-state index contributed by atoms with van der Waals surface area (Å²) in [4.78, 5) is 40.8. The van der Waals surface area contributed by atoms with Gasteiger partial charge in [-0.25, -0.2) is 4.98 Å². The minimum Gasteiger partial charge on any atom is -0.383 e. The molecule has 0 radical (unpaired) electrons. The number of thiophene rings is 1. The lowest BCUT2D eigenvalue weighted by molar-refractivity contribution is -0.113. The molecular formula is C19H19N3O4S2. The first-order valence-electron chi connectivity index (χ1n) is 8.50. The molecule has 0 saturated heterocycles. The molecule has 28 heavy (non-hydrogen) atoms. The average molecular weight is 418 g/mol. The molecule has 0 bridgehead atoms. The lowest BCUT2D eigenvalue weighted by Gasteiger charge is -2.11. The number of aromatic nitrogens is 2. The van der Waals surface area contributed by atoms with Crippen LogP contribution < -0.4 is 10.9 Å². The summed E-state index contributed by atoms with van der Waals surface area (Å²) >= 11 is 2.55. The molecule has 0 aliphatic heterocycles. The fraction of sp³-hybridized carbons (Fsp3) is 0.263. The number of fused-ring (bicyclic) bond motifs is 1. The third kappa shape index (κ3) is 4.67. The van der Waals surface area contributed by atoms with E-state index >= 15 is 0 Å². The lowest BCUT2D eigenvalue weighted by Crippen LogP contribution is -2.25. The van der Waals surface area contributed by atoms with Gasteiger partial charge in [-0.2, -0.15) is 0 Å². The Balaban J connectivity index is 1.72. The maximum atomic E-state index is 12.7. The second-order valence-electron chi connectivity index (χ2n) is 5.95. The van der Waals surface area contributed by atoms with Crippen LogP contribution in [0, 0.1) is 0 Å². The second-order valence-corrected chi connectivity index (χ2v) is 7.81. The van der Waals surface area contributed by atoms with Crippen LogP contribution in [0.15, 0.2) is 45.7 Å². The number of nitrogens with zero attached hydrogens (tertiary/aromatic N) is 2. The van der Waals surface area contributed by atoms with Gasteiger partial charge >= 0.3 is 0 Å². The summed E-state index contributed by atoms with van der Waals surface area (Å²) in [6.07, 6.45) is 0. The second kappa shape index (κ2) is 9.13. The van der Waals surface area contributed by atoms with E-state index in [1.165, 1.54) is 30.0 Å². The van der Waals surface area contributed by atoms with Crippen molar-refractivity contribution in [2.24, 2.45) is 0 Å².